The first-order valence-corrected chi connectivity index (χ1v) is 7.50. The molecule has 1 N–H and O–H groups in total. The molecule has 8 heteroatoms. The van der Waals surface area contributed by atoms with Crippen molar-refractivity contribution in [2.75, 3.05) is 12.4 Å². The third-order valence-electron chi connectivity index (χ3n) is 3.22. The molecule has 0 fully saturated rings. The number of methoxy groups -OCH3 is 1. The number of ether oxygens (including phenoxy) is 2. The molecule has 5 nitrogen and oxygen atoms in total. The largest absolute Gasteiger partial charge is 0.497 e. The van der Waals surface area contributed by atoms with Crippen molar-refractivity contribution in [1.82, 2.24) is 0 Å². The summed E-state index contributed by atoms with van der Waals surface area (Å²) in [6.07, 6.45) is -1.19. The van der Waals surface area contributed by atoms with E-state index in [4.69, 9.17) is 21.1 Å². The lowest BCUT2D eigenvalue weighted by Crippen LogP contribution is -2.30. The van der Waals surface area contributed by atoms with Gasteiger partial charge < -0.3 is 14.8 Å². The first-order chi connectivity index (χ1) is 11.8. The molecule has 0 aliphatic heterocycles. The molecule has 132 valence electrons. The summed E-state index contributed by atoms with van der Waals surface area (Å²) in [4.78, 5) is 24.1. The molecule has 2 rings (SSSR count). The van der Waals surface area contributed by atoms with E-state index in [9.17, 15) is 18.4 Å². The number of amides is 1. The van der Waals surface area contributed by atoms with E-state index in [2.05, 4.69) is 5.32 Å². The topological polar surface area (TPSA) is 64.6 Å². The summed E-state index contributed by atoms with van der Waals surface area (Å²) < 4.78 is 36.3. The van der Waals surface area contributed by atoms with Crippen molar-refractivity contribution in [1.29, 1.82) is 0 Å². The van der Waals surface area contributed by atoms with Crippen LogP contribution in [0.1, 0.15) is 17.3 Å². The van der Waals surface area contributed by atoms with Crippen LogP contribution >= 0.6 is 11.6 Å². The summed E-state index contributed by atoms with van der Waals surface area (Å²) in [6.45, 7) is 1.33. The Hall–Kier alpha value is -2.67. The van der Waals surface area contributed by atoms with Gasteiger partial charge in [0.05, 0.1) is 17.7 Å². The second-order valence-corrected chi connectivity index (χ2v) is 5.42. The Bertz CT molecular complexity index is 813. The normalized spacial score (nSPS) is 11.6. The van der Waals surface area contributed by atoms with Crippen LogP contribution in [0.2, 0.25) is 5.02 Å². The van der Waals surface area contributed by atoms with Gasteiger partial charge in [-0.05, 0) is 31.2 Å². The predicted octanol–water partition coefficient (Wildman–Crippen LogP) is 3.81. The van der Waals surface area contributed by atoms with Crippen LogP contribution < -0.4 is 10.1 Å². The zero-order valence-electron chi connectivity index (χ0n) is 13.3. The number of anilines is 1. The van der Waals surface area contributed by atoms with Gasteiger partial charge in [0.15, 0.2) is 17.7 Å². The van der Waals surface area contributed by atoms with Crippen LogP contribution in [0.25, 0.3) is 0 Å². The molecule has 0 bridgehead atoms. The maximum absolute atomic E-state index is 13.2. The van der Waals surface area contributed by atoms with Gasteiger partial charge in [-0.25, -0.2) is 13.6 Å². The number of hydrogen-bond donors (Lipinski definition) is 1. The van der Waals surface area contributed by atoms with Crippen molar-refractivity contribution in [3.63, 3.8) is 0 Å². The van der Waals surface area contributed by atoms with Crippen LogP contribution in [0.4, 0.5) is 14.5 Å². The number of benzene rings is 2. The lowest BCUT2D eigenvalue weighted by molar-refractivity contribution is -0.123. The van der Waals surface area contributed by atoms with Crippen molar-refractivity contribution in [2.24, 2.45) is 0 Å². The summed E-state index contributed by atoms with van der Waals surface area (Å²) in [6, 6.07) is 7.86. The Kier molecular flexibility index (Phi) is 5.93. The first kappa shape index (κ1) is 18.7. The molecule has 2 aromatic carbocycles. The van der Waals surface area contributed by atoms with Crippen molar-refractivity contribution in [3.8, 4) is 5.75 Å². The maximum Gasteiger partial charge on any atom is 0.340 e. The fraction of sp³-hybridized carbons (Fsp3) is 0.176. The van der Waals surface area contributed by atoms with E-state index in [0.717, 1.165) is 0 Å². The second-order valence-electron chi connectivity index (χ2n) is 5.01. The summed E-state index contributed by atoms with van der Waals surface area (Å²) in [5, 5.41) is 2.23. The number of esters is 1. The highest BCUT2D eigenvalue weighted by Crippen LogP contribution is 2.22. The Labute approximate surface area is 147 Å². The summed E-state index contributed by atoms with van der Waals surface area (Å²) in [5.74, 6) is -3.55. The summed E-state index contributed by atoms with van der Waals surface area (Å²) >= 11 is 5.70. The molecule has 0 saturated carbocycles. The molecule has 2 aromatic rings. The Morgan fingerprint density at radius 3 is 2.52 bits per heavy atom. The lowest BCUT2D eigenvalue weighted by Gasteiger charge is -2.14. The Morgan fingerprint density at radius 1 is 1.16 bits per heavy atom. The van der Waals surface area contributed by atoms with Gasteiger partial charge in [-0.2, -0.15) is 0 Å². The van der Waals surface area contributed by atoms with Gasteiger partial charge in [0.1, 0.15) is 5.75 Å². The van der Waals surface area contributed by atoms with E-state index in [1.165, 1.54) is 14.0 Å². The number of hydrogen-bond acceptors (Lipinski definition) is 4. The second kappa shape index (κ2) is 7.94. The van der Waals surface area contributed by atoms with Gasteiger partial charge >= 0.3 is 5.97 Å². The molecule has 25 heavy (non-hydrogen) atoms. The number of nitrogens with one attached hydrogen (secondary N) is 1. The van der Waals surface area contributed by atoms with Gasteiger partial charge in [-0.15, -0.1) is 0 Å². The highest BCUT2D eigenvalue weighted by molar-refractivity contribution is 6.33. The molecule has 0 aliphatic carbocycles. The van der Waals surface area contributed by atoms with Crippen LogP contribution in [0, 0.1) is 11.6 Å². The highest BCUT2D eigenvalue weighted by Gasteiger charge is 2.22. The molecule has 0 saturated heterocycles. The molecular weight excluding hydrogens is 356 g/mol. The fourth-order valence-electron chi connectivity index (χ4n) is 1.90. The van der Waals surface area contributed by atoms with Gasteiger partial charge in [0.2, 0.25) is 0 Å². The van der Waals surface area contributed by atoms with E-state index in [-0.39, 0.29) is 10.6 Å². The fourth-order valence-corrected chi connectivity index (χ4v) is 2.13. The number of carbonyl (C=O) groups excluding carboxylic acids is 2. The van der Waals surface area contributed by atoms with Crippen molar-refractivity contribution >= 4 is 29.2 Å². The maximum atomic E-state index is 13.2. The summed E-state index contributed by atoms with van der Waals surface area (Å²) in [5.41, 5.74) is 0.0692. The molecule has 0 radical (unpaired) electrons. The van der Waals surface area contributed by atoms with Crippen LogP contribution in [-0.4, -0.2) is 25.1 Å². The number of rotatable bonds is 5. The predicted molar refractivity (Wildman–Crippen MR) is 87.9 cm³/mol. The smallest absolute Gasteiger partial charge is 0.340 e. The molecule has 0 heterocycles. The third-order valence-corrected chi connectivity index (χ3v) is 3.53. The number of carbonyl (C=O) groups is 2. The molecule has 0 aliphatic rings. The quantitative estimate of drug-likeness (QED) is 0.643. The zero-order valence-corrected chi connectivity index (χ0v) is 14.1. The summed E-state index contributed by atoms with van der Waals surface area (Å²) in [7, 11) is 1.48. The van der Waals surface area contributed by atoms with E-state index >= 15 is 0 Å². The van der Waals surface area contributed by atoms with Crippen molar-refractivity contribution in [2.45, 2.75) is 13.0 Å². The minimum atomic E-state index is -1.25. The molecule has 1 atom stereocenters. The van der Waals surface area contributed by atoms with Gasteiger partial charge in [-0.3, -0.25) is 4.79 Å². The van der Waals surface area contributed by atoms with E-state index in [0.29, 0.717) is 23.6 Å². The standard InChI is InChI=1S/C17H14ClF2NO4/c1-9(16(22)21-10-4-3-5-11(6-10)24-2)25-17(23)12-7-14(19)15(20)8-13(12)18/h3-9H,1-2H3,(H,21,22)/t9-/m1/s1. The average molecular weight is 370 g/mol. The van der Waals surface area contributed by atoms with Crippen molar-refractivity contribution in [3.05, 3.63) is 58.6 Å². The van der Waals surface area contributed by atoms with Gasteiger partial charge in [0.25, 0.3) is 5.91 Å². The van der Waals surface area contributed by atoms with Gasteiger partial charge in [0, 0.05) is 11.8 Å². The van der Waals surface area contributed by atoms with E-state index in [1.54, 1.807) is 24.3 Å². The highest BCUT2D eigenvalue weighted by atomic mass is 35.5. The third kappa shape index (κ3) is 4.67. The number of halogens is 3. The van der Waals surface area contributed by atoms with E-state index < -0.39 is 29.6 Å². The van der Waals surface area contributed by atoms with Crippen LogP contribution in [0.3, 0.4) is 0 Å². The van der Waals surface area contributed by atoms with E-state index in [1.807, 2.05) is 0 Å². The monoisotopic (exact) mass is 369 g/mol. The first-order valence-electron chi connectivity index (χ1n) is 7.12. The van der Waals surface area contributed by atoms with Crippen LogP contribution in [0.15, 0.2) is 36.4 Å². The molecule has 0 unspecified atom stereocenters. The minimum Gasteiger partial charge on any atom is -0.497 e. The Balaban J connectivity index is 2.05. The van der Waals surface area contributed by atoms with Crippen LogP contribution in [0.5, 0.6) is 5.75 Å². The van der Waals surface area contributed by atoms with Gasteiger partial charge in [-0.1, -0.05) is 17.7 Å². The Morgan fingerprint density at radius 2 is 1.84 bits per heavy atom. The van der Waals surface area contributed by atoms with Crippen molar-refractivity contribution < 1.29 is 27.8 Å². The molecule has 1 amide bonds. The van der Waals surface area contributed by atoms with Crippen LogP contribution in [-0.2, 0) is 9.53 Å². The minimum absolute atomic E-state index is 0.315. The zero-order chi connectivity index (χ0) is 18.6. The SMILES string of the molecule is COc1cccc(NC(=O)[C@@H](C)OC(=O)c2cc(F)c(F)cc2Cl)c1. The lowest BCUT2D eigenvalue weighted by atomic mass is 10.2. The molecule has 0 spiro atoms. The molecule has 0 aromatic heterocycles. The molecular formula is C17H14ClF2NO4. The average Bonchev–Trinajstić information content (AvgIpc) is 2.58.